The fraction of sp³-hybridized carbons (Fsp3) is 0.222. The molecule has 1 atom stereocenters. The van der Waals surface area contributed by atoms with Gasteiger partial charge >= 0.3 is 5.97 Å². The van der Waals surface area contributed by atoms with E-state index in [2.05, 4.69) is 9.98 Å². The molecule has 2 aliphatic rings. The third-order valence-corrected chi connectivity index (χ3v) is 2.01. The molecule has 0 fully saturated rings. The first kappa shape index (κ1) is 7.91. The molecule has 0 aromatic rings. The Morgan fingerprint density at radius 1 is 1.62 bits per heavy atom. The number of carboxylic acids is 1. The van der Waals surface area contributed by atoms with Crippen LogP contribution in [0, 0.1) is 5.92 Å². The Morgan fingerprint density at radius 2 is 2.46 bits per heavy atom. The number of fused-ring (bicyclic) bond motifs is 1. The second-order valence-electron chi connectivity index (χ2n) is 2.89. The molecular formula is C9H8N2O2. The average molecular weight is 176 g/mol. The fourth-order valence-corrected chi connectivity index (χ4v) is 1.33. The highest BCUT2D eigenvalue weighted by molar-refractivity contribution is 6.10. The summed E-state index contributed by atoms with van der Waals surface area (Å²) < 4.78 is 0. The van der Waals surface area contributed by atoms with E-state index < -0.39 is 5.97 Å². The predicted octanol–water partition coefficient (Wildman–Crippen LogP) is 1.01. The molecule has 0 spiro atoms. The van der Waals surface area contributed by atoms with Gasteiger partial charge in [-0.15, -0.1) is 0 Å². The molecule has 4 heteroatoms. The standard InChI is InChI=1S/C9H8N2O2/c12-9(13)8-2-1-6-5-10-4-3-7(6)11-8/h2-6H,1H2,(H,12,13). The predicted molar refractivity (Wildman–Crippen MR) is 48.9 cm³/mol. The molecule has 0 saturated heterocycles. The van der Waals surface area contributed by atoms with Gasteiger partial charge in [-0.05, 0) is 12.5 Å². The van der Waals surface area contributed by atoms with E-state index in [-0.39, 0.29) is 11.6 Å². The maximum Gasteiger partial charge on any atom is 0.354 e. The molecule has 2 aliphatic heterocycles. The summed E-state index contributed by atoms with van der Waals surface area (Å²) >= 11 is 0. The summed E-state index contributed by atoms with van der Waals surface area (Å²) in [5, 5.41) is 8.70. The normalized spacial score (nSPS) is 24.8. The molecule has 66 valence electrons. The molecule has 0 aliphatic carbocycles. The van der Waals surface area contributed by atoms with Crippen LogP contribution in [-0.2, 0) is 4.79 Å². The summed E-state index contributed by atoms with van der Waals surface area (Å²) in [5.41, 5.74) is 0.918. The van der Waals surface area contributed by atoms with Crippen LogP contribution < -0.4 is 0 Å². The number of aliphatic imine (C=N–C) groups is 2. The summed E-state index contributed by atoms with van der Waals surface area (Å²) in [5.74, 6) is -0.810. The van der Waals surface area contributed by atoms with Crippen LogP contribution in [0.2, 0.25) is 0 Å². The minimum Gasteiger partial charge on any atom is -0.477 e. The lowest BCUT2D eigenvalue weighted by Gasteiger charge is -2.16. The number of carbonyl (C=O) groups is 1. The summed E-state index contributed by atoms with van der Waals surface area (Å²) in [6, 6.07) is 0. The minimum absolute atomic E-state index is 0.131. The van der Waals surface area contributed by atoms with Crippen molar-refractivity contribution in [2.45, 2.75) is 6.42 Å². The van der Waals surface area contributed by atoms with Crippen LogP contribution in [0.1, 0.15) is 6.42 Å². The third-order valence-electron chi connectivity index (χ3n) is 2.01. The van der Waals surface area contributed by atoms with E-state index in [1.54, 1.807) is 24.6 Å². The van der Waals surface area contributed by atoms with E-state index >= 15 is 0 Å². The van der Waals surface area contributed by atoms with Crippen molar-refractivity contribution in [3.8, 4) is 0 Å². The van der Waals surface area contributed by atoms with E-state index in [4.69, 9.17) is 5.11 Å². The first-order valence-electron chi connectivity index (χ1n) is 3.99. The average Bonchev–Trinajstić information content (AvgIpc) is 2.17. The molecule has 2 rings (SSSR count). The van der Waals surface area contributed by atoms with Crippen LogP contribution in [0.3, 0.4) is 0 Å². The zero-order chi connectivity index (χ0) is 9.26. The molecule has 1 unspecified atom stereocenters. The van der Waals surface area contributed by atoms with Gasteiger partial charge in [0.1, 0.15) is 5.70 Å². The van der Waals surface area contributed by atoms with Gasteiger partial charge < -0.3 is 5.11 Å². The lowest BCUT2D eigenvalue weighted by atomic mass is 9.96. The number of allylic oxidation sites excluding steroid dienone is 2. The van der Waals surface area contributed by atoms with Gasteiger partial charge in [-0.1, -0.05) is 6.08 Å². The quantitative estimate of drug-likeness (QED) is 0.648. The zero-order valence-electron chi connectivity index (χ0n) is 6.84. The molecule has 2 heterocycles. The van der Waals surface area contributed by atoms with Crippen molar-refractivity contribution in [3.05, 3.63) is 24.0 Å². The Balaban J connectivity index is 2.30. The lowest BCUT2D eigenvalue weighted by Crippen LogP contribution is -2.20. The Bertz CT molecular complexity index is 364. The maximum absolute atomic E-state index is 10.6. The van der Waals surface area contributed by atoms with Crippen LogP contribution in [0.4, 0.5) is 0 Å². The molecule has 0 aromatic carbocycles. The Hall–Kier alpha value is -1.71. The molecule has 1 N–H and O–H groups in total. The second-order valence-corrected chi connectivity index (χ2v) is 2.89. The monoisotopic (exact) mass is 176 g/mol. The summed E-state index contributed by atoms with van der Waals surface area (Å²) in [7, 11) is 0. The molecule has 0 saturated carbocycles. The summed E-state index contributed by atoms with van der Waals surface area (Å²) in [4.78, 5) is 18.6. The van der Waals surface area contributed by atoms with E-state index in [9.17, 15) is 4.79 Å². The number of carboxylic acid groups (broad SMARTS) is 1. The number of hydrogen-bond donors (Lipinski definition) is 1. The smallest absolute Gasteiger partial charge is 0.354 e. The first-order chi connectivity index (χ1) is 6.27. The van der Waals surface area contributed by atoms with Crippen LogP contribution in [0.25, 0.3) is 0 Å². The zero-order valence-corrected chi connectivity index (χ0v) is 6.84. The highest BCUT2D eigenvalue weighted by atomic mass is 16.4. The van der Waals surface area contributed by atoms with E-state index in [0.29, 0.717) is 6.42 Å². The minimum atomic E-state index is -0.970. The third kappa shape index (κ3) is 1.42. The molecule has 0 bridgehead atoms. The highest BCUT2D eigenvalue weighted by Gasteiger charge is 2.20. The number of rotatable bonds is 1. The molecule has 0 radical (unpaired) electrons. The van der Waals surface area contributed by atoms with Crippen LogP contribution in [0.15, 0.2) is 34.0 Å². The first-order valence-corrected chi connectivity index (χ1v) is 3.99. The van der Waals surface area contributed by atoms with Crippen molar-refractivity contribution in [1.82, 2.24) is 0 Å². The summed E-state index contributed by atoms with van der Waals surface area (Å²) in [6.45, 7) is 0. The Kier molecular flexibility index (Phi) is 1.81. The van der Waals surface area contributed by atoms with Gasteiger partial charge in [0.2, 0.25) is 0 Å². The maximum atomic E-state index is 10.6. The second kappa shape index (κ2) is 2.97. The van der Waals surface area contributed by atoms with Crippen molar-refractivity contribution in [3.63, 3.8) is 0 Å². The van der Waals surface area contributed by atoms with Gasteiger partial charge in [0.15, 0.2) is 0 Å². The van der Waals surface area contributed by atoms with Gasteiger partial charge in [0.25, 0.3) is 0 Å². The van der Waals surface area contributed by atoms with Crippen LogP contribution >= 0.6 is 0 Å². The fourth-order valence-electron chi connectivity index (χ4n) is 1.33. The van der Waals surface area contributed by atoms with Crippen LogP contribution in [0.5, 0.6) is 0 Å². The van der Waals surface area contributed by atoms with Crippen molar-refractivity contribution in [2.24, 2.45) is 15.9 Å². The molecule has 4 nitrogen and oxygen atoms in total. The molecule has 0 aromatic heterocycles. The topological polar surface area (TPSA) is 62.0 Å². The van der Waals surface area contributed by atoms with Gasteiger partial charge in [0.05, 0.1) is 5.71 Å². The van der Waals surface area contributed by atoms with Crippen molar-refractivity contribution in [2.75, 3.05) is 0 Å². The van der Waals surface area contributed by atoms with Crippen molar-refractivity contribution < 1.29 is 9.90 Å². The molecule has 0 amide bonds. The number of aliphatic carboxylic acids is 1. The largest absolute Gasteiger partial charge is 0.477 e. The van der Waals surface area contributed by atoms with E-state index in [0.717, 1.165) is 5.71 Å². The van der Waals surface area contributed by atoms with Gasteiger partial charge in [-0.2, -0.15) is 0 Å². The molecule has 13 heavy (non-hydrogen) atoms. The number of hydrogen-bond acceptors (Lipinski definition) is 3. The Labute approximate surface area is 75.0 Å². The lowest BCUT2D eigenvalue weighted by molar-refractivity contribution is -0.132. The highest BCUT2D eigenvalue weighted by Crippen LogP contribution is 2.18. The summed E-state index contributed by atoms with van der Waals surface area (Å²) in [6.07, 6.45) is 7.46. The van der Waals surface area contributed by atoms with Gasteiger partial charge in [-0.25, -0.2) is 9.79 Å². The van der Waals surface area contributed by atoms with E-state index in [1.807, 2.05) is 0 Å². The molecular weight excluding hydrogens is 168 g/mol. The van der Waals surface area contributed by atoms with Gasteiger partial charge in [0, 0.05) is 18.3 Å². The van der Waals surface area contributed by atoms with Crippen LogP contribution in [-0.4, -0.2) is 23.0 Å². The SMILES string of the molecule is O=C(O)C1=CCC2C=NC=CC2=N1. The van der Waals surface area contributed by atoms with Crippen molar-refractivity contribution in [1.29, 1.82) is 0 Å². The Morgan fingerprint density at radius 3 is 3.23 bits per heavy atom. The van der Waals surface area contributed by atoms with Gasteiger partial charge in [-0.3, -0.25) is 4.99 Å². The number of nitrogens with zero attached hydrogens (tertiary/aromatic N) is 2. The van der Waals surface area contributed by atoms with Crippen molar-refractivity contribution >= 4 is 17.9 Å². The van der Waals surface area contributed by atoms with E-state index in [1.165, 1.54) is 0 Å².